The number of hydrogen-bond acceptors (Lipinski definition) is 3. The minimum Gasteiger partial charge on any atom is -0.367 e. The van der Waals surface area contributed by atoms with Crippen LogP contribution in [-0.2, 0) is 13.6 Å². The van der Waals surface area contributed by atoms with E-state index in [0.29, 0.717) is 0 Å². The maximum Gasteiger partial charge on any atom is 0.127 e. The molecule has 0 bridgehead atoms. The highest BCUT2D eigenvalue weighted by molar-refractivity contribution is 5.54. The van der Waals surface area contributed by atoms with Gasteiger partial charge in [-0.3, -0.25) is 0 Å². The highest BCUT2D eigenvalue weighted by atomic mass is 15.2. The maximum atomic E-state index is 6.19. The van der Waals surface area contributed by atoms with Crippen LogP contribution in [-0.4, -0.2) is 16.6 Å². The van der Waals surface area contributed by atoms with Gasteiger partial charge in [-0.15, -0.1) is 0 Å². The van der Waals surface area contributed by atoms with Crippen molar-refractivity contribution in [3.05, 3.63) is 48.0 Å². The van der Waals surface area contributed by atoms with Gasteiger partial charge in [0.05, 0.1) is 6.54 Å². The van der Waals surface area contributed by atoms with Crippen LogP contribution in [0, 0.1) is 0 Å². The molecule has 0 unspecified atom stereocenters. The number of rotatable bonds is 5. The summed E-state index contributed by atoms with van der Waals surface area (Å²) < 4.78 is 2.04. The standard InChI is InChI=1S/C15H22N4/c1-4-13(16)12-7-5-6-8-14(12)19(3)11-15-17-9-10-18(15)2/h5-10,13H,4,11,16H2,1-3H3/t13-/m0/s1. The van der Waals surface area contributed by atoms with Crippen LogP contribution in [0.3, 0.4) is 0 Å². The molecule has 2 rings (SSSR count). The lowest BCUT2D eigenvalue weighted by atomic mass is 10.0. The van der Waals surface area contributed by atoms with Crippen LogP contribution in [0.25, 0.3) is 0 Å². The molecule has 4 heteroatoms. The molecular weight excluding hydrogens is 236 g/mol. The lowest BCUT2D eigenvalue weighted by molar-refractivity contribution is 0.689. The third-order valence-corrected chi connectivity index (χ3v) is 3.49. The topological polar surface area (TPSA) is 47.1 Å². The van der Waals surface area contributed by atoms with E-state index in [0.717, 1.165) is 18.8 Å². The minimum atomic E-state index is 0.0834. The molecule has 1 aromatic carbocycles. The zero-order valence-electron chi connectivity index (χ0n) is 11.9. The molecule has 0 fully saturated rings. The van der Waals surface area contributed by atoms with Crippen molar-refractivity contribution < 1.29 is 0 Å². The molecule has 19 heavy (non-hydrogen) atoms. The van der Waals surface area contributed by atoms with E-state index >= 15 is 0 Å². The van der Waals surface area contributed by atoms with Gasteiger partial charge in [-0.2, -0.15) is 0 Å². The lowest BCUT2D eigenvalue weighted by Crippen LogP contribution is -2.22. The quantitative estimate of drug-likeness (QED) is 0.896. The Kier molecular flexibility index (Phi) is 4.22. The van der Waals surface area contributed by atoms with Gasteiger partial charge in [0.15, 0.2) is 0 Å². The molecule has 0 saturated heterocycles. The predicted octanol–water partition coefficient (Wildman–Crippen LogP) is 2.47. The summed E-state index contributed by atoms with van der Waals surface area (Å²) >= 11 is 0. The molecule has 0 radical (unpaired) electrons. The molecular formula is C15H22N4. The van der Waals surface area contributed by atoms with Crippen LogP contribution < -0.4 is 10.6 Å². The van der Waals surface area contributed by atoms with E-state index in [1.54, 1.807) is 0 Å². The Labute approximate surface area is 114 Å². The molecule has 0 amide bonds. The number of para-hydroxylation sites is 1. The summed E-state index contributed by atoms with van der Waals surface area (Å²) in [5, 5.41) is 0. The summed E-state index contributed by atoms with van der Waals surface area (Å²) in [6, 6.07) is 8.41. The van der Waals surface area contributed by atoms with Gasteiger partial charge in [-0.05, 0) is 18.1 Å². The Balaban J connectivity index is 2.24. The van der Waals surface area contributed by atoms with Gasteiger partial charge < -0.3 is 15.2 Å². The summed E-state index contributed by atoms with van der Waals surface area (Å²) in [4.78, 5) is 6.57. The number of benzene rings is 1. The van der Waals surface area contributed by atoms with Crippen molar-refractivity contribution in [2.45, 2.75) is 25.9 Å². The van der Waals surface area contributed by atoms with E-state index in [2.05, 4.69) is 42.1 Å². The first-order chi connectivity index (χ1) is 9.13. The van der Waals surface area contributed by atoms with Crippen LogP contribution in [0.15, 0.2) is 36.7 Å². The van der Waals surface area contributed by atoms with E-state index in [1.807, 2.05) is 30.1 Å². The minimum absolute atomic E-state index is 0.0834. The Morgan fingerprint density at radius 2 is 2.11 bits per heavy atom. The molecule has 1 atom stereocenters. The summed E-state index contributed by atoms with van der Waals surface area (Å²) in [5.74, 6) is 1.04. The number of nitrogens with zero attached hydrogens (tertiary/aromatic N) is 3. The third-order valence-electron chi connectivity index (χ3n) is 3.49. The van der Waals surface area contributed by atoms with Gasteiger partial charge >= 0.3 is 0 Å². The van der Waals surface area contributed by atoms with Crippen LogP contribution >= 0.6 is 0 Å². The SMILES string of the molecule is CC[C@H](N)c1ccccc1N(C)Cc1nccn1C. The first-order valence-corrected chi connectivity index (χ1v) is 6.65. The van der Waals surface area contributed by atoms with Crippen molar-refractivity contribution in [3.63, 3.8) is 0 Å². The van der Waals surface area contributed by atoms with Crippen molar-refractivity contribution in [2.24, 2.45) is 12.8 Å². The second-order valence-electron chi connectivity index (χ2n) is 4.88. The average molecular weight is 258 g/mol. The fourth-order valence-electron chi connectivity index (χ4n) is 2.21. The van der Waals surface area contributed by atoms with Crippen LogP contribution in [0.1, 0.15) is 30.8 Å². The number of anilines is 1. The zero-order valence-corrected chi connectivity index (χ0v) is 11.9. The normalized spacial score (nSPS) is 12.4. The largest absolute Gasteiger partial charge is 0.367 e. The molecule has 1 heterocycles. The predicted molar refractivity (Wildman–Crippen MR) is 79.0 cm³/mol. The zero-order chi connectivity index (χ0) is 13.8. The third kappa shape index (κ3) is 2.96. The van der Waals surface area contributed by atoms with E-state index in [-0.39, 0.29) is 6.04 Å². The Morgan fingerprint density at radius 3 is 2.74 bits per heavy atom. The lowest BCUT2D eigenvalue weighted by Gasteiger charge is -2.24. The maximum absolute atomic E-state index is 6.19. The highest BCUT2D eigenvalue weighted by Gasteiger charge is 2.13. The second kappa shape index (κ2) is 5.89. The molecule has 102 valence electrons. The Morgan fingerprint density at radius 1 is 1.37 bits per heavy atom. The van der Waals surface area contributed by atoms with E-state index in [4.69, 9.17) is 5.73 Å². The van der Waals surface area contributed by atoms with Gasteiger partial charge in [-0.25, -0.2) is 4.98 Å². The van der Waals surface area contributed by atoms with E-state index in [9.17, 15) is 0 Å². The number of hydrogen-bond donors (Lipinski definition) is 1. The van der Waals surface area contributed by atoms with Crippen LogP contribution in [0.2, 0.25) is 0 Å². The first-order valence-electron chi connectivity index (χ1n) is 6.65. The van der Waals surface area contributed by atoms with Gasteiger partial charge in [0.2, 0.25) is 0 Å². The van der Waals surface area contributed by atoms with E-state index in [1.165, 1.54) is 11.3 Å². The van der Waals surface area contributed by atoms with Crippen molar-refractivity contribution in [3.8, 4) is 0 Å². The monoisotopic (exact) mass is 258 g/mol. The molecule has 0 saturated carbocycles. The summed E-state index contributed by atoms with van der Waals surface area (Å²) in [6.07, 6.45) is 4.73. The first kappa shape index (κ1) is 13.6. The number of imidazole rings is 1. The molecule has 2 N–H and O–H groups in total. The second-order valence-corrected chi connectivity index (χ2v) is 4.88. The Hall–Kier alpha value is -1.81. The summed E-state index contributed by atoms with van der Waals surface area (Å²) in [5.41, 5.74) is 8.57. The van der Waals surface area contributed by atoms with Crippen molar-refractivity contribution in [1.82, 2.24) is 9.55 Å². The fraction of sp³-hybridized carbons (Fsp3) is 0.400. The smallest absolute Gasteiger partial charge is 0.127 e. The number of aryl methyl sites for hydroxylation is 1. The average Bonchev–Trinajstić information content (AvgIpc) is 2.83. The number of nitrogens with two attached hydrogens (primary N) is 1. The summed E-state index contributed by atoms with van der Waals surface area (Å²) in [6.45, 7) is 2.89. The molecule has 4 nitrogen and oxygen atoms in total. The van der Waals surface area contributed by atoms with Crippen LogP contribution in [0.5, 0.6) is 0 Å². The fourth-order valence-corrected chi connectivity index (χ4v) is 2.21. The highest BCUT2D eigenvalue weighted by Crippen LogP contribution is 2.26. The summed E-state index contributed by atoms with van der Waals surface area (Å²) in [7, 11) is 4.09. The molecule has 2 aromatic rings. The van der Waals surface area contributed by atoms with Gasteiger partial charge in [0, 0.05) is 38.2 Å². The van der Waals surface area contributed by atoms with Crippen molar-refractivity contribution in [2.75, 3.05) is 11.9 Å². The van der Waals surface area contributed by atoms with Gasteiger partial charge in [0.1, 0.15) is 5.82 Å². The molecule has 0 aliphatic carbocycles. The van der Waals surface area contributed by atoms with Gasteiger partial charge in [-0.1, -0.05) is 25.1 Å². The number of aromatic nitrogens is 2. The molecule has 0 spiro atoms. The van der Waals surface area contributed by atoms with Crippen molar-refractivity contribution in [1.29, 1.82) is 0 Å². The van der Waals surface area contributed by atoms with Crippen LogP contribution in [0.4, 0.5) is 5.69 Å². The van der Waals surface area contributed by atoms with E-state index < -0.39 is 0 Å². The molecule has 0 aliphatic heterocycles. The van der Waals surface area contributed by atoms with Gasteiger partial charge in [0.25, 0.3) is 0 Å². The Bertz CT molecular complexity index is 532. The van der Waals surface area contributed by atoms with Crippen molar-refractivity contribution >= 4 is 5.69 Å². The molecule has 0 aliphatic rings. The molecule has 1 aromatic heterocycles.